The third-order valence-electron chi connectivity index (χ3n) is 5.40. The highest BCUT2D eigenvalue weighted by atomic mass is 16.5. The average molecular weight is 453 g/mol. The first-order valence-corrected chi connectivity index (χ1v) is 10.9. The van der Waals surface area contributed by atoms with Crippen LogP contribution in [0.1, 0.15) is 61.5 Å². The van der Waals surface area contributed by atoms with E-state index in [4.69, 9.17) is 14.1 Å². The number of hydrogen-bond acceptors (Lipinski definition) is 7. The van der Waals surface area contributed by atoms with Crippen molar-refractivity contribution in [2.24, 2.45) is 0 Å². The predicted molar refractivity (Wildman–Crippen MR) is 120 cm³/mol. The SMILES string of the molecule is Cc1cc(-c2cc(C(=O)OC(C)C(=O)NC(=O)NC3CC3)c3cnn(C(C)C)c3n2)c(C)o1. The molecule has 3 aromatic heterocycles. The maximum absolute atomic E-state index is 13.1. The van der Waals surface area contributed by atoms with Gasteiger partial charge in [0, 0.05) is 17.6 Å². The number of rotatable bonds is 6. The maximum atomic E-state index is 13.1. The van der Waals surface area contributed by atoms with E-state index in [0.29, 0.717) is 22.5 Å². The Bertz CT molecular complexity index is 1240. The van der Waals surface area contributed by atoms with Gasteiger partial charge in [0.25, 0.3) is 5.91 Å². The normalized spacial score (nSPS) is 14.4. The number of ether oxygens (including phenoxy) is 1. The fourth-order valence-electron chi connectivity index (χ4n) is 3.53. The van der Waals surface area contributed by atoms with Gasteiger partial charge < -0.3 is 14.5 Å². The molecule has 174 valence electrons. The molecule has 3 heterocycles. The molecule has 10 heteroatoms. The van der Waals surface area contributed by atoms with Gasteiger partial charge >= 0.3 is 12.0 Å². The van der Waals surface area contributed by atoms with E-state index < -0.39 is 24.0 Å². The Balaban J connectivity index is 1.63. The number of pyridine rings is 1. The quantitative estimate of drug-likeness (QED) is 0.547. The van der Waals surface area contributed by atoms with Crippen LogP contribution in [0.4, 0.5) is 4.79 Å². The lowest BCUT2D eigenvalue weighted by molar-refractivity contribution is -0.127. The summed E-state index contributed by atoms with van der Waals surface area (Å²) in [6.07, 6.45) is 2.18. The second kappa shape index (κ2) is 8.68. The molecule has 0 aliphatic heterocycles. The average Bonchev–Trinajstić information content (AvgIpc) is 3.33. The Morgan fingerprint density at radius 2 is 1.91 bits per heavy atom. The van der Waals surface area contributed by atoms with Gasteiger partial charge in [-0.05, 0) is 59.6 Å². The van der Waals surface area contributed by atoms with Gasteiger partial charge in [0.1, 0.15) is 11.5 Å². The molecule has 4 rings (SSSR count). The van der Waals surface area contributed by atoms with E-state index in [1.165, 1.54) is 6.92 Å². The number of nitrogens with zero attached hydrogens (tertiary/aromatic N) is 3. The van der Waals surface area contributed by atoms with Crippen molar-refractivity contribution < 1.29 is 23.5 Å². The van der Waals surface area contributed by atoms with Crippen molar-refractivity contribution >= 4 is 28.9 Å². The van der Waals surface area contributed by atoms with Crippen LogP contribution in [-0.4, -0.2) is 44.8 Å². The van der Waals surface area contributed by atoms with Crippen LogP contribution < -0.4 is 10.6 Å². The van der Waals surface area contributed by atoms with E-state index in [9.17, 15) is 14.4 Å². The summed E-state index contributed by atoms with van der Waals surface area (Å²) < 4.78 is 12.8. The fraction of sp³-hybridized carbons (Fsp3) is 0.435. The maximum Gasteiger partial charge on any atom is 0.339 e. The number of amides is 3. The third kappa shape index (κ3) is 4.74. The summed E-state index contributed by atoms with van der Waals surface area (Å²) in [5.41, 5.74) is 2.03. The number of hydrogen-bond donors (Lipinski definition) is 2. The molecule has 10 nitrogen and oxygen atoms in total. The third-order valence-corrected chi connectivity index (χ3v) is 5.40. The van der Waals surface area contributed by atoms with Crippen LogP contribution in [0.15, 0.2) is 22.7 Å². The molecule has 0 spiro atoms. The molecule has 1 unspecified atom stereocenters. The predicted octanol–water partition coefficient (Wildman–Crippen LogP) is 3.42. The second-order valence-electron chi connectivity index (χ2n) is 8.59. The highest BCUT2D eigenvalue weighted by Crippen LogP contribution is 2.30. The summed E-state index contributed by atoms with van der Waals surface area (Å²) in [4.78, 5) is 42.0. The van der Waals surface area contributed by atoms with Gasteiger partial charge in [-0.1, -0.05) is 0 Å². The van der Waals surface area contributed by atoms with Crippen LogP contribution in [0.25, 0.3) is 22.3 Å². The van der Waals surface area contributed by atoms with Gasteiger partial charge in [-0.3, -0.25) is 10.1 Å². The summed E-state index contributed by atoms with van der Waals surface area (Å²) in [6.45, 7) is 9.00. The number of furan rings is 1. The minimum atomic E-state index is -1.17. The van der Waals surface area contributed by atoms with E-state index in [1.807, 2.05) is 33.8 Å². The van der Waals surface area contributed by atoms with Crippen molar-refractivity contribution in [2.45, 2.75) is 65.6 Å². The Hall–Kier alpha value is -3.69. The lowest BCUT2D eigenvalue weighted by Gasteiger charge is -2.14. The van der Waals surface area contributed by atoms with Crippen LogP contribution in [0.2, 0.25) is 0 Å². The van der Waals surface area contributed by atoms with E-state index in [-0.39, 0.29) is 17.6 Å². The number of fused-ring (bicyclic) bond motifs is 1. The number of imide groups is 1. The zero-order valence-corrected chi connectivity index (χ0v) is 19.3. The number of nitrogens with one attached hydrogen (secondary N) is 2. The summed E-state index contributed by atoms with van der Waals surface area (Å²) >= 11 is 0. The molecule has 3 amide bonds. The smallest absolute Gasteiger partial charge is 0.339 e. The number of aryl methyl sites for hydroxylation is 2. The number of carbonyl (C=O) groups excluding carboxylic acids is 3. The summed E-state index contributed by atoms with van der Waals surface area (Å²) in [5, 5.41) is 9.75. The van der Waals surface area contributed by atoms with Crippen LogP contribution in [0.3, 0.4) is 0 Å². The van der Waals surface area contributed by atoms with Crippen molar-refractivity contribution in [2.75, 3.05) is 0 Å². The highest BCUT2D eigenvalue weighted by molar-refractivity contribution is 6.05. The zero-order valence-electron chi connectivity index (χ0n) is 19.3. The van der Waals surface area contributed by atoms with Crippen LogP contribution >= 0.6 is 0 Å². The summed E-state index contributed by atoms with van der Waals surface area (Å²) in [5.74, 6) is -0.0226. The minimum Gasteiger partial charge on any atom is -0.466 e. The topological polar surface area (TPSA) is 128 Å². The molecule has 3 aromatic rings. The minimum absolute atomic E-state index is 0.0102. The molecule has 0 radical (unpaired) electrons. The molecule has 1 aliphatic rings. The molecule has 1 saturated carbocycles. The molecule has 1 fully saturated rings. The Morgan fingerprint density at radius 1 is 1.18 bits per heavy atom. The molecule has 0 saturated heterocycles. The van der Waals surface area contributed by atoms with Crippen LogP contribution in [0, 0.1) is 13.8 Å². The van der Waals surface area contributed by atoms with Gasteiger partial charge in [0.15, 0.2) is 11.8 Å². The largest absolute Gasteiger partial charge is 0.466 e. The second-order valence-corrected chi connectivity index (χ2v) is 8.59. The van der Waals surface area contributed by atoms with E-state index in [1.54, 1.807) is 16.9 Å². The lowest BCUT2D eigenvalue weighted by Crippen LogP contribution is -2.45. The van der Waals surface area contributed by atoms with Gasteiger partial charge in [0.05, 0.1) is 22.8 Å². The monoisotopic (exact) mass is 453 g/mol. The summed E-state index contributed by atoms with van der Waals surface area (Å²) in [6, 6.07) is 2.98. The number of esters is 1. The van der Waals surface area contributed by atoms with Crippen molar-refractivity contribution in [3.8, 4) is 11.3 Å². The van der Waals surface area contributed by atoms with Gasteiger partial charge in [-0.2, -0.15) is 5.10 Å². The first kappa shape index (κ1) is 22.5. The van der Waals surface area contributed by atoms with Crippen molar-refractivity contribution in [1.29, 1.82) is 0 Å². The van der Waals surface area contributed by atoms with Crippen LogP contribution in [-0.2, 0) is 9.53 Å². The van der Waals surface area contributed by atoms with Crippen LogP contribution in [0.5, 0.6) is 0 Å². The van der Waals surface area contributed by atoms with Crippen molar-refractivity contribution in [3.63, 3.8) is 0 Å². The molecule has 2 N–H and O–H groups in total. The lowest BCUT2D eigenvalue weighted by atomic mass is 10.1. The molecule has 0 aromatic carbocycles. The van der Waals surface area contributed by atoms with E-state index in [0.717, 1.165) is 24.2 Å². The van der Waals surface area contributed by atoms with Gasteiger partial charge in [-0.15, -0.1) is 0 Å². The summed E-state index contributed by atoms with van der Waals surface area (Å²) in [7, 11) is 0. The van der Waals surface area contributed by atoms with E-state index >= 15 is 0 Å². The van der Waals surface area contributed by atoms with Gasteiger partial charge in [-0.25, -0.2) is 19.3 Å². The number of aromatic nitrogens is 3. The van der Waals surface area contributed by atoms with Crippen molar-refractivity contribution in [3.05, 3.63) is 35.4 Å². The Labute approximate surface area is 190 Å². The molecule has 33 heavy (non-hydrogen) atoms. The van der Waals surface area contributed by atoms with E-state index in [2.05, 4.69) is 15.7 Å². The molecular formula is C23H27N5O5. The van der Waals surface area contributed by atoms with Gasteiger partial charge in [0.2, 0.25) is 0 Å². The first-order valence-electron chi connectivity index (χ1n) is 10.9. The number of carbonyl (C=O) groups is 3. The standard InChI is InChI=1S/C23H27N5O5/c1-11(2)28-20-18(10-24-28)17(9-19(26-20)16-8-12(3)32-13(16)4)22(30)33-14(5)21(29)27-23(31)25-15-6-7-15/h8-11,14-15H,6-7H2,1-5H3,(H2,25,27,29,31). The Kier molecular flexibility index (Phi) is 5.92. The molecule has 1 atom stereocenters. The van der Waals surface area contributed by atoms with Crippen molar-refractivity contribution in [1.82, 2.24) is 25.4 Å². The molecular weight excluding hydrogens is 426 g/mol. The molecule has 0 bridgehead atoms. The number of urea groups is 1. The molecule has 1 aliphatic carbocycles. The Morgan fingerprint density at radius 3 is 2.52 bits per heavy atom. The zero-order chi connectivity index (χ0) is 23.9. The fourth-order valence-corrected chi connectivity index (χ4v) is 3.53. The highest BCUT2D eigenvalue weighted by Gasteiger charge is 2.27. The first-order chi connectivity index (χ1) is 15.6.